The van der Waals surface area contributed by atoms with Crippen LogP contribution in [0.15, 0.2) is 24.3 Å². The summed E-state index contributed by atoms with van der Waals surface area (Å²) in [6, 6.07) is 8.79. The molecule has 0 fully saturated rings. The van der Waals surface area contributed by atoms with Gasteiger partial charge in [0.05, 0.1) is 6.61 Å². The first-order valence-electron chi connectivity index (χ1n) is 8.46. The molecule has 0 saturated heterocycles. The lowest BCUT2D eigenvalue weighted by Gasteiger charge is -2.34. The van der Waals surface area contributed by atoms with E-state index in [1.54, 1.807) is 0 Å². The Bertz CT molecular complexity index is 366. The number of rotatable bonds is 10. The lowest BCUT2D eigenvalue weighted by atomic mass is 9.73. The Morgan fingerprint density at radius 3 is 2.05 bits per heavy atom. The molecule has 0 heterocycles. The molecule has 1 N–H and O–H groups in total. The van der Waals surface area contributed by atoms with Gasteiger partial charge in [-0.2, -0.15) is 0 Å². The van der Waals surface area contributed by atoms with Gasteiger partial charge in [0.2, 0.25) is 0 Å². The molecule has 0 radical (unpaired) electrons. The van der Waals surface area contributed by atoms with Crippen LogP contribution >= 0.6 is 0 Å². The van der Waals surface area contributed by atoms with Crippen LogP contribution in [-0.4, -0.2) is 20.2 Å². The first-order valence-corrected chi connectivity index (χ1v) is 8.46. The van der Waals surface area contributed by atoms with E-state index in [9.17, 15) is 0 Å². The summed E-state index contributed by atoms with van der Waals surface area (Å²) < 4.78 is 5.80. The molecule has 21 heavy (non-hydrogen) atoms. The minimum Gasteiger partial charge on any atom is -0.493 e. The highest BCUT2D eigenvalue weighted by Crippen LogP contribution is 2.34. The molecule has 0 aromatic heterocycles. The van der Waals surface area contributed by atoms with Crippen molar-refractivity contribution in [1.82, 2.24) is 5.32 Å². The maximum atomic E-state index is 5.80. The molecular weight excluding hydrogens is 258 g/mol. The summed E-state index contributed by atoms with van der Waals surface area (Å²) in [4.78, 5) is 0. The molecule has 0 bridgehead atoms. The van der Waals surface area contributed by atoms with Crippen molar-refractivity contribution in [3.05, 3.63) is 29.8 Å². The fraction of sp³-hybridized carbons (Fsp3) is 0.684. The van der Waals surface area contributed by atoms with Crippen LogP contribution in [0.2, 0.25) is 0 Å². The normalized spacial score (nSPS) is 11.9. The van der Waals surface area contributed by atoms with Crippen LogP contribution in [-0.2, 0) is 5.41 Å². The van der Waals surface area contributed by atoms with Crippen molar-refractivity contribution in [3.8, 4) is 5.75 Å². The quantitative estimate of drug-likeness (QED) is 0.670. The van der Waals surface area contributed by atoms with Crippen molar-refractivity contribution in [1.29, 1.82) is 0 Å². The highest BCUT2D eigenvalue weighted by atomic mass is 16.5. The summed E-state index contributed by atoms with van der Waals surface area (Å²) in [6.45, 7) is 10.7. The van der Waals surface area contributed by atoms with Crippen LogP contribution in [0, 0.1) is 5.92 Å². The second-order valence-electron chi connectivity index (χ2n) is 6.54. The Morgan fingerprint density at radius 1 is 1.05 bits per heavy atom. The zero-order valence-electron chi connectivity index (χ0n) is 14.5. The van der Waals surface area contributed by atoms with E-state index < -0.39 is 0 Å². The molecular formula is C19H33NO. The summed E-state index contributed by atoms with van der Waals surface area (Å²) in [7, 11) is 2.06. The summed E-state index contributed by atoms with van der Waals surface area (Å²) in [6.07, 6.45) is 4.89. The standard InChI is InChI=1S/C19H33NO/c1-6-12-19(13-7-2,15-20-5)17-8-10-18(11-9-17)21-14-16(3)4/h8-11,16,20H,6-7,12-15H2,1-5H3. The van der Waals surface area contributed by atoms with Gasteiger partial charge < -0.3 is 10.1 Å². The van der Waals surface area contributed by atoms with Gasteiger partial charge in [-0.15, -0.1) is 0 Å². The van der Waals surface area contributed by atoms with Crippen molar-refractivity contribution in [3.63, 3.8) is 0 Å². The first-order chi connectivity index (χ1) is 10.1. The van der Waals surface area contributed by atoms with Crippen molar-refractivity contribution in [2.24, 2.45) is 5.92 Å². The van der Waals surface area contributed by atoms with Gasteiger partial charge in [0.25, 0.3) is 0 Å². The van der Waals surface area contributed by atoms with Gasteiger partial charge in [-0.05, 0) is 43.5 Å². The summed E-state index contributed by atoms with van der Waals surface area (Å²) in [5.74, 6) is 1.55. The highest BCUT2D eigenvalue weighted by molar-refractivity contribution is 5.33. The lowest BCUT2D eigenvalue weighted by Crippen LogP contribution is -2.36. The maximum Gasteiger partial charge on any atom is 0.119 e. The van der Waals surface area contributed by atoms with E-state index in [2.05, 4.69) is 64.3 Å². The second-order valence-corrected chi connectivity index (χ2v) is 6.54. The second kappa shape index (κ2) is 9.09. The zero-order chi connectivity index (χ0) is 15.7. The predicted octanol–water partition coefficient (Wildman–Crippen LogP) is 4.78. The van der Waals surface area contributed by atoms with Crippen molar-refractivity contribution < 1.29 is 4.74 Å². The van der Waals surface area contributed by atoms with Crippen LogP contribution in [0.4, 0.5) is 0 Å². The van der Waals surface area contributed by atoms with E-state index in [-0.39, 0.29) is 5.41 Å². The molecule has 0 aliphatic heterocycles. The molecule has 0 saturated carbocycles. The Morgan fingerprint density at radius 2 is 1.62 bits per heavy atom. The molecule has 1 aromatic carbocycles. The molecule has 2 heteroatoms. The van der Waals surface area contributed by atoms with Crippen LogP contribution in [0.25, 0.3) is 0 Å². The Labute approximate surface area is 131 Å². The van der Waals surface area contributed by atoms with E-state index in [1.807, 2.05) is 0 Å². The fourth-order valence-electron chi connectivity index (χ4n) is 3.16. The summed E-state index contributed by atoms with van der Waals surface area (Å²) in [5, 5.41) is 3.40. The molecule has 0 atom stereocenters. The third kappa shape index (κ3) is 5.35. The van der Waals surface area contributed by atoms with Crippen molar-refractivity contribution in [2.45, 2.75) is 58.8 Å². The molecule has 0 aliphatic carbocycles. The number of hydrogen-bond acceptors (Lipinski definition) is 2. The van der Waals surface area contributed by atoms with Crippen LogP contribution < -0.4 is 10.1 Å². The Hall–Kier alpha value is -1.02. The van der Waals surface area contributed by atoms with Crippen molar-refractivity contribution in [2.75, 3.05) is 20.2 Å². The van der Waals surface area contributed by atoms with Gasteiger partial charge >= 0.3 is 0 Å². The number of nitrogens with one attached hydrogen (secondary N) is 1. The van der Waals surface area contributed by atoms with Gasteiger partial charge in [0.1, 0.15) is 5.75 Å². The first kappa shape index (κ1) is 18.0. The molecule has 0 amide bonds. The molecule has 1 aromatic rings. The van der Waals surface area contributed by atoms with Gasteiger partial charge in [-0.25, -0.2) is 0 Å². The third-order valence-corrected chi connectivity index (χ3v) is 4.02. The van der Waals surface area contributed by atoms with Crippen LogP contribution in [0.3, 0.4) is 0 Å². The largest absolute Gasteiger partial charge is 0.493 e. The minimum atomic E-state index is 0.259. The summed E-state index contributed by atoms with van der Waals surface area (Å²) in [5.41, 5.74) is 1.70. The number of ether oxygens (including phenoxy) is 1. The molecule has 120 valence electrons. The van der Waals surface area contributed by atoms with E-state index in [4.69, 9.17) is 4.74 Å². The molecule has 2 nitrogen and oxygen atoms in total. The highest BCUT2D eigenvalue weighted by Gasteiger charge is 2.29. The number of likely N-dealkylation sites (N-methyl/N-ethyl adjacent to an activating group) is 1. The smallest absolute Gasteiger partial charge is 0.119 e. The van der Waals surface area contributed by atoms with Crippen LogP contribution in [0.5, 0.6) is 5.75 Å². The average Bonchev–Trinajstić information content (AvgIpc) is 2.46. The zero-order valence-corrected chi connectivity index (χ0v) is 14.5. The Balaban J connectivity index is 2.91. The minimum absolute atomic E-state index is 0.259. The number of hydrogen-bond donors (Lipinski definition) is 1. The van der Waals surface area contributed by atoms with Gasteiger partial charge in [-0.3, -0.25) is 0 Å². The summed E-state index contributed by atoms with van der Waals surface area (Å²) >= 11 is 0. The number of benzene rings is 1. The lowest BCUT2D eigenvalue weighted by molar-refractivity contribution is 0.270. The SMILES string of the molecule is CCCC(CCC)(CNC)c1ccc(OCC(C)C)cc1. The van der Waals surface area contributed by atoms with Gasteiger partial charge in [0, 0.05) is 12.0 Å². The van der Waals surface area contributed by atoms with E-state index >= 15 is 0 Å². The monoisotopic (exact) mass is 291 g/mol. The average molecular weight is 291 g/mol. The van der Waals surface area contributed by atoms with E-state index in [1.165, 1.54) is 31.2 Å². The van der Waals surface area contributed by atoms with E-state index in [0.717, 1.165) is 18.9 Å². The topological polar surface area (TPSA) is 21.3 Å². The molecule has 0 spiro atoms. The molecule has 0 aliphatic rings. The van der Waals surface area contributed by atoms with Gasteiger partial charge in [-0.1, -0.05) is 52.7 Å². The third-order valence-electron chi connectivity index (χ3n) is 4.02. The van der Waals surface area contributed by atoms with Crippen LogP contribution in [0.1, 0.15) is 58.9 Å². The maximum absolute atomic E-state index is 5.80. The van der Waals surface area contributed by atoms with E-state index in [0.29, 0.717) is 5.92 Å². The van der Waals surface area contributed by atoms with Gasteiger partial charge in [0.15, 0.2) is 0 Å². The van der Waals surface area contributed by atoms with Crippen molar-refractivity contribution >= 4 is 0 Å². The Kier molecular flexibility index (Phi) is 7.81. The molecule has 1 rings (SSSR count). The fourth-order valence-corrected chi connectivity index (χ4v) is 3.16. The molecule has 0 unspecified atom stereocenters. The predicted molar refractivity (Wildman–Crippen MR) is 92.2 cm³/mol.